The lowest BCUT2D eigenvalue weighted by Crippen LogP contribution is -2.15. The van der Waals surface area contributed by atoms with Crippen LogP contribution in [0.15, 0.2) is 30.5 Å². The number of hydrogen-bond acceptors (Lipinski definition) is 4. The number of carboxylic acid groups (broad SMARTS) is 1. The average molecular weight is 247 g/mol. The molecule has 0 saturated carbocycles. The van der Waals surface area contributed by atoms with E-state index in [0.29, 0.717) is 11.6 Å². The van der Waals surface area contributed by atoms with E-state index in [-0.39, 0.29) is 5.69 Å². The highest BCUT2D eigenvalue weighted by Crippen LogP contribution is 2.26. The molecular formula is C12H13N3O3. The zero-order valence-electron chi connectivity index (χ0n) is 9.75. The summed E-state index contributed by atoms with van der Waals surface area (Å²) < 4.78 is 5.20. The van der Waals surface area contributed by atoms with Crippen LogP contribution in [0.3, 0.4) is 0 Å². The number of aromatic amines is 1. The van der Waals surface area contributed by atoms with E-state index in [2.05, 4.69) is 9.97 Å². The number of carbonyl (C=O) groups is 1. The van der Waals surface area contributed by atoms with Crippen molar-refractivity contribution in [1.82, 2.24) is 9.97 Å². The van der Waals surface area contributed by atoms with E-state index in [1.54, 1.807) is 13.2 Å². The fraction of sp³-hybridized carbons (Fsp3) is 0.167. The lowest BCUT2D eigenvalue weighted by molar-refractivity contribution is 0.0691. The van der Waals surface area contributed by atoms with Crippen LogP contribution in [0.1, 0.15) is 27.9 Å². The molecule has 94 valence electrons. The van der Waals surface area contributed by atoms with Crippen LogP contribution >= 0.6 is 0 Å². The van der Waals surface area contributed by atoms with Gasteiger partial charge >= 0.3 is 5.97 Å². The largest absolute Gasteiger partial charge is 0.496 e. The fourth-order valence-electron chi connectivity index (χ4n) is 1.67. The molecule has 1 aromatic heterocycles. The van der Waals surface area contributed by atoms with Crippen molar-refractivity contribution >= 4 is 5.97 Å². The highest BCUT2D eigenvalue weighted by Gasteiger charge is 2.18. The third-order valence-corrected chi connectivity index (χ3v) is 2.59. The number of imidazole rings is 1. The van der Waals surface area contributed by atoms with Crippen LogP contribution in [0.25, 0.3) is 0 Å². The van der Waals surface area contributed by atoms with Gasteiger partial charge < -0.3 is 20.6 Å². The number of ether oxygens (including phenoxy) is 1. The molecule has 2 aromatic rings. The van der Waals surface area contributed by atoms with Crippen LogP contribution in [0.4, 0.5) is 0 Å². The minimum atomic E-state index is -1.07. The fourth-order valence-corrected chi connectivity index (χ4v) is 1.67. The lowest BCUT2D eigenvalue weighted by atomic mass is 10.1. The third kappa shape index (κ3) is 2.18. The summed E-state index contributed by atoms with van der Waals surface area (Å²) in [6.07, 6.45) is 1.24. The molecule has 1 heterocycles. The van der Waals surface area contributed by atoms with Crippen LogP contribution in [-0.2, 0) is 0 Å². The number of rotatable bonds is 4. The molecule has 6 heteroatoms. The van der Waals surface area contributed by atoms with E-state index in [0.717, 1.165) is 5.56 Å². The van der Waals surface area contributed by atoms with E-state index in [1.165, 1.54) is 6.20 Å². The first-order valence-corrected chi connectivity index (χ1v) is 5.30. The number of nitrogens with one attached hydrogen (secondary N) is 1. The maximum absolute atomic E-state index is 10.8. The van der Waals surface area contributed by atoms with Crippen LogP contribution in [0.2, 0.25) is 0 Å². The molecule has 4 N–H and O–H groups in total. The summed E-state index contributed by atoms with van der Waals surface area (Å²) in [4.78, 5) is 17.4. The SMILES string of the molecule is COc1ccccc1[C@H](N)c1ncc(C(=O)O)[nH]1. The van der Waals surface area contributed by atoms with Gasteiger partial charge in [0.15, 0.2) is 0 Å². The second-order valence-corrected chi connectivity index (χ2v) is 3.71. The summed E-state index contributed by atoms with van der Waals surface area (Å²) in [6, 6.07) is 6.70. The van der Waals surface area contributed by atoms with Crippen molar-refractivity contribution in [3.05, 3.63) is 47.5 Å². The minimum Gasteiger partial charge on any atom is -0.496 e. The Morgan fingerprint density at radius 2 is 2.22 bits per heavy atom. The van der Waals surface area contributed by atoms with Crippen molar-refractivity contribution in [3.63, 3.8) is 0 Å². The lowest BCUT2D eigenvalue weighted by Gasteiger charge is -2.13. The molecule has 1 atom stereocenters. The number of para-hydroxylation sites is 1. The number of H-pyrrole nitrogens is 1. The van der Waals surface area contributed by atoms with Crippen LogP contribution in [-0.4, -0.2) is 28.2 Å². The predicted molar refractivity (Wildman–Crippen MR) is 64.6 cm³/mol. The van der Waals surface area contributed by atoms with Gasteiger partial charge in [0.1, 0.15) is 17.3 Å². The van der Waals surface area contributed by atoms with E-state index in [1.807, 2.05) is 18.2 Å². The first-order valence-electron chi connectivity index (χ1n) is 5.30. The summed E-state index contributed by atoms with van der Waals surface area (Å²) >= 11 is 0. The highest BCUT2D eigenvalue weighted by molar-refractivity contribution is 5.85. The first kappa shape index (κ1) is 12.1. The number of nitrogens with zero attached hydrogens (tertiary/aromatic N) is 1. The van der Waals surface area contributed by atoms with Gasteiger partial charge in [-0.05, 0) is 6.07 Å². The molecule has 18 heavy (non-hydrogen) atoms. The molecule has 0 saturated heterocycles. The summed E-state index contributed by atoms with van der Waals surface area (Å²) in [6.45, 7) is 0. The number of aromatic nitrogens is 2. The van der Waals surface area contributed by atoms with Gasteiger partial charge in [0.2, 0.25) is 0 Å². The van der Waals surface area contributed by atoms with Gasteiger partial charge in [-0.15, -0.1) is 0 Å². The van der Waals surface area contributed by atoms with Crippen molar-refractivity contribution in [1.29, 1.82) is 0 Å². The van der Waals surface area contributed by atoms with Gasteiger partial charge in [-0.1, -0.05) is 18.2 Å². The summed E-state index contributed by atoms with van der Waals surface area (Å²) in [5, 5.41) is 8.81. The molecule has 0 aliphatic carbocycles. The number of methoxy groups -OCH3 is 1. The molecule has 2 rings (SSSR count). The zero-order chi connectivity index (χ0) is 13.1. The van der Waals surface area contributed by atoms with Gasteiger partial charge in [0, 0.05) is 5.56 Å². The summed E-state index contributed by atoms with van der Waals surface area (Å²) in [7, 11) is 1.55. The monoisotopic (exact) mass is 247 g/mol. The molecule has 6 nitrogen and oxygen atoms in total. The van der Waals surface area contributed by atoms with E-state index >= 15 is 0 Å². The smallest absolute Gasteiger partial charge is 0.353 e. The molecule has 1 aromatic carbocycles. The van der Waals surface area contributed by atoms with Crippen molar-refractivity contribution in [2.45, 2.75) is 6.04 Å². The standard InChI is InChI=1S/C12H13N3O3/c1-18-9-5-3-2-4-7(9)10(13)11-14-6-8(15-11)12(16)17/h2-6,10H,13H2,1H3,(H,14,15)(H,16,17)/t10-/m0/s1. The Labute approximate surface area is 103 Å². The number of benzene rings is 1. The van der Waals surface area contributed by atoms with Gasteiger partial charge in [0.05, 0.1) is 19.3 Å². The number of hydrogen-bond donors (Lipinski definition) is 3. The molecule has 0 bridgehead atoms. The molecule has 0 unspecified atom stereocenters. The Morgan fingerprint density at radius 1 is 1.50 bits per heavy atom. The topological polar surface area (TPSA) is 101 Å². The molecule has 0 aliphatic rings. The van der Waals surface area contributed by atoms with Crippen molar-refractivity contribution in [3.8, 4) is 5.75 Å². The van der Waals surface area contributed by atoms with E-state index in [9.17, 15) is 4.79 Å². The van der Waals surface area contributed by atoms with E-state index < -0.39 is 12.0 Å². The first-order chi connectivity index (χ1) is 8.63. The highest BCUT2D eigenvalue weighted by atomic mass is 16.5. The van der Waals surface area contributed by atoms with E-state index in [4.69, 9.17) is 15.6 Å². The van der Waals surface area contributed by atoms with Crippen LogP contribution in [0, 0.1) is 0 Å². The minimum absolute atomic E-state index is 0.00958. The van der Waals surface area contributed by atoms with Gasteiger partial charge in [-0.2, -0.15) is 0 Å². The molecule has 0 amide bonds. The Morgan fingerprint density at radius 3 is 2.83 bits per heavy atom. The summed E-state index contributed by atoms with van der Waals surface area (Å²) in [5.74, 6) is -0.0452. The Kier molecular flexibility index (Phi) is 3.29. The zero-order valence-corrected chi connectivity index (χ0v) is 9.75. The maximum Gasteiger partial charge on any atom is 0.353 e. The molecule has 0 spiro atoms. The number of carboxylic acids is 1. The van der Waals surface area contributed by atoms with Crippen LogP contribution < -0.4 is 10.5 Å². The quantitative estimate of drug-likeness (QED) is 0.752. The number of aromatic carboxylic acids is 1. The normalized spacial score (nSPS) is 12.1. The molecule has 0 fully saturated rings. The Bertz CT molecular complexity index is 565. The second kappa shape index (κ2) is 4.89. The Balaban J connectivity index is 2.35. The van der Waals surface area contributed by atoms with Gasteiger partial charge in [0.25, 0.3) is 0 Å². The molecular weight excluding hydrogens is 234 g/mol. The van der Waals surface area contributed by atoms with Crippen LogP contribution in [0.5, 0.6) is 5.75 Å². The maximum atomic E-state index is 10.8. The molecule has 0 aliphatic heterocycles. The number of nitrogens with two attached hydrogens (primary N) is 1. The average Bonchev–Trinajstić information content (AvgIpc) is 2.87. The van der Waals surface area contributed by atoms with Crippen molar-refractivity contribution in [2.75, 3.05) is 7.11 Å². The summed E-state index contributed by atoms with van der Waals surface area (Å²) in [5.41, 5.74) is 6.79. The van der Waals surface area contributed by atoms with Gasteiger partial charge in [-0.3, -0.25) is 0 Å². The van der Waals surface area contributed by atoms with Crippen molar-refractivity contribution in [2.24, 2.45) is 5.73 Å². The predicted octanol–water partition coefficient (Wildman–Crippen LogP) is 1.16. The molecule has 0 radical (unpaired) electrons. The van der Waals surface area contributed by atoms with Gasteiger partial charge in [-0.25, -0.2) is 9.78 Å². The van der Waals surface area contributed by atoms with Crippen molar-refractivity contribution < 1.29 is 14.6 Å². The third-order valence-electron chi connectivity index (χ3n) is 2.59. The second-order valence-electron chi connectivity index (χ2n) is 3.71. The Hall–Kier alpha value is -2.34.